The largest absolute Gasteiger partial charge is 0.380 e. The summed E-state index contributed by atoms with van der Waals surface area (Å²) in [6.07, 6.45) is 0. The number of pyridine rings is 1. The highest BCUT2D eigenvalue weighted by Crippen LogP contribution is 2.36. The number of aryl methyl sites for hydroxylation is 1. The van der Waals surface area contributed by atoms with Gasteiger partial charge in [0.25, 0.3) is 0 Å². The van der Waals surface area contributed by atoms with Crippen LogP contribution in [-0.4, -0.2) is 31.9 Å². The van der Waals surface area contributed by atoms with Crippen LogP contribution in [0.4, 0.5) is 0 Å². The first-order valence-corrected chi connectivity index (χ1v) is 8.40. The van der Waals surface area contributed by atoms with Crippen molar-refractivity contribution < 1.29 is 4.74 Å². The van der Waals surface area contributed by atoms with Crippen molar-refractivity contribution in [3.63, 3.8) is 0 Å². The molecule has 6 nitrogen and oxygen atoms in total. The van der Waals surface area contributed by atoms with Gasteiger partial charge in [-0.1, -0.05) is 17.3 Å². The molecule has 0 bridgehead atoms. The van der Waals surface area contributed by atoms with Gasteiger partial charge in [0.15, 0.2) is 5.65 Å². The molecule has 0 saturated heterocycles. The van der Waals surface area contributed by atoms with Crippen molar-refractivity contribution in [1.82, 2.24) is 24.8 Å². The van der Waals surface area contributed by atoms with Gasteiger partial charge < -0.3 is 4.74 Å². The molecule has 0 atom stereocenters. The van der Waals surface area contributed by atoms with E-state index in [4.69, 9.17) is 9.72 Å². The van der Waals surface area contributed by atoms with Crippen LogP contribution >= 0.6 is 11.3 Å². The Labute approximate surface area is 140 Å². The van der Waals surface area contributed by atoms with E-state index in [1.54, 1.807) is 23.0 Å². The average molecular weight is 335 g/mol. The molecule has 5 aromatic rings. The van der Waals surface area contributed by atoms with Crippen LogP contribution in [0.3, 0.4) is 0 Å². The number of aromatic nitrogens is 5. The highest BCUT2D eigenvalue weighted by Gasteiger charge is 2.18. The van der Waals surface area contributed by atoms with Gasteiger partial charge >= 0.3 is 0 Å². The predicted molar refractivity (Wildman–Crippen MR) is 94.4 cm³/mol. The van der Waals surface area contributed by atoms with Gasteiger partial charge in [0, 0.05) is 18.2 Å². The Kier molecular flexibility index (Phi) is 2.83. The van der Waals surface area contributed by atoms with Crippen LogP contribution in [0.2, 0.25) is 0 Å². The van der Waals surface area contributed by atoms with Gasteiger partial charge in [0.1, 0.15) is 15.0 Å². The van der Waals surface area contributed by atoms with Crippen molar-refractivity contribution in [3.8, 4) is 0 Å². The summed E-state index contributed by atoms with van der Waals surface area (Å²) in [5, 5.41) is 9.88. The summed E-state index contributed by atoms with van der Waals surface area (Å²) in [5.74, 6) is 0. The normalized spacial score (nSPS) is 12.1. The van der Waals surface area contributed by atoms with Crippen molar-refractivity contribution in [2.75, 3.05) is 7.11 Å². The van der Waals surface area contributed by atoms with E-state index in [2.05, 4.69) is 15.3 Å². The van der Waals surface area contributed by atoms with Crippen molar-refractivity contribution in [2.24, 2.45) is 0 Å². The first kappa shape index (κ1) is 13.8. The minimum absolute atomic E-state index is 0.523. The summed E-state index contributed by atoms with van der Waals surface area (Å²) in [4.78, 5) is 10.4. The molecule has 24 heavy (non-hydrogen) atoms. The maximum atomic E-state index is 5.35. The molecule has 0 aliphatic carbocycles. The minimum atomic E-state index is 0.523. The molecule has 0 aliphatic rings. The Morgan fingerprint density at radius 2 is 2.08 bits per heavy atom. The number of rotatable bonds is 2. The molecule has 0 amide bonds. The van der Waals surface area contributed by atoms with Gasteiger partial charge in [-0.3, -0.25) is 0 Å². The Morgan fingerprint density at radius 3 is 2.96 bits per heavy atom. The quantitative estimate of drug-likeness (QED) is 0.494. The third-order valence-corrected chi connectivity index (χ3v) is 5.19. The van der Waals surface area contributed by atoms with Crippen molar-refractivity contribution in [1.29, 1.82) is 0 Å². The molecular formula is C17H13N5OS. The molecule has 0 radical (unpaired) electrons. The average Bonchev–Trinajstić information content (AvgIpc) is 3.12. The lowest BCUT2D eigenvalue weighted by atomic mass is 10.1. The number of benzene rings is 1. The number of thiophene rings is 1. The lowest BCUT2D eigenvalue weighted by molar-refractivity contribution is 0.186. The number of hydrogen-bond acceptors (Lipinski definition) is 6. The monoisotopic (exact) mass is 335 g/mol. The fourth-order valence-electron chi connectivity index (χ4n) is 3.15. The molecule has 0 unspecified atom stereocenters. The number of nitrogens with zero attached hydrogens (tertiary/aromatic N) is 5. The molecule has 4 aromatic heterocycles. The summed E-state index contributed by atoms with van der Waals surface area (Å²) < 4.78 is 8.16. The second kappa shape index (κ2) is 4.93. The highest BCUT2D eigenvalue weighted by atomic mass is 32.1. The van der Waals surface area contributed by atoms with E-state index < -0.39 is 0 Å². The van der Waals surface area contributed by atoms with E-state index in [0.717, 1.165) is 48.4 Å². The zero-order valence-corrected chi connectivity index (χ0v) is 14.0. The molecule has 0 N–H and O–H groups in total. The first-order valence-electron chi connectivity index (χ1n) is 7.58. The van der Waals surface area contributed by atoms with Crippen molar-refractivity contribution in [3.05, 3.63) is 41.6 Å². The smallest absolute Gasteiger partial charge is 0.176 e. The Hall–Kier alpha value is -2.64. The van der Waals surface area contributed by atoms with Gasteiger partial charge in [0.2, 0.25) is 0 Å². The lowest BCUT2D eigenvalue weighted by Crippen LogP contribution is -1.96. The second-order valence-electron chi connectivity index (χ2n) is 5.74. The van der Waals surface area contributed by atoms with Gasteiger partial charge in [-0.2, -0.15) is 4.52 Å². The van der Waals surface area contributed by atoms with Crippen LogP contribution in [-0.2, 0) is 11.3 Å². The summed E-state index contributed by atoms with van der Waals surface area (Å²) in [7, 11) is 1.70. The first-order chi connectivity index (χ1) is 11.8. The zero-order chi connectivity index (χ0) is 16.3. The second-order valence-corrected chi connectivity index (χ2v) is 6.74. The van der Waals surface area contributed by atoms with Crippen LogP contribution in [0.25, 0.3) is 37.1 Å². The SMILES string of the molecule is COCc1cc(C)nc2sc3c(nnn4c5ccccc5nc34)c12. The van der Waals surface area contributed by atoms with E-state index in [1.165, 1.54) is 0 Å². The molecule has 118 valence electrons. The number of hydrogen-bond donors (Lipinski definition) is 0. The maximum absolute atomic E-state index is 5.35. The minimum Gasteiger partial charge on any atom is -0.380 e. The molecule has 0 aliphatic heterocycles. The van der Waals surface area contributed by atoms with E-state index in [0.29, 0.717) is 6.61 Å². The standard InChI is InChI=1S/C17H13N5OS/c1-9-7-10(8-23-2)13-14-15(24-17(13)18-9)16-19-11-5-3-4-6-12(11)22(16)21-20-14/h3-7H,8H2,1-2H3. The molecule has 0 spiro atoms. The van der Waals surface area contributed by atoms with Crippen LogP contribution in [0.15, 0.2) is 30.3 Å². The fourth-order valence-corrected chi connectivity index (χ4v) is 4.33. The molecular weight excluding hydrogens is 322 g/mol. The van der Waals surface area contributed by atoms with E-state index in [-0.39, 0.29) is 0 Å². The molecule has 5 rings (SSSR count). The number of fused-ring (bicyclic) bond motifs is 7. The molecule has 1 aromatic carbocycles. The van der Waals surface area contributed by atoms with Gasteiger partial charge in [-0.15, -0.1) is 16.4 Å². The maximum Gasteiger partial charge on any atom is 0.176 e. The van der Waals surface area contributed by atoms with Crippen LogP contribution in [0.1, 0.15) is 11.3 Å². The fraction of sp³-hybridized carbons (Fsp3) is 0.176. The number of imidazole rings is 1. The van der Waals surface area contributed by atoms with Crippen LogP contribution in [0, 0.1) is 6.92 Å². The van der Waals surface area contributed by atoms with Crippen molar-refractivity contribution >= 4 is 48.5 Å². The topological polar surface area (TPSA) is 65.2 Å². The third kappa shape index (κ3) is 1.79. The molecule has 0 fully saturated rings. The van der Waals surface area contributed by atoms with E-state index >= 15 is 0 Å². The number of methoxy groups -OCH3 is 1. The zero-order valence-electron chi connectivity index (χ0n) is 13.1. The highest BCUT2D eigenvalue weighted by molar-refractivity contribution is 7.26. The van der Waals surface area contributed by atoms with Crippen LogP contribution < -0.4 is 0 Å². The van der Waals surface area contributed by atoms with Crippen LogP contribution in [0.5, 0.6) is 0 Å². The van der Waals surface area contributed by atoms with E-state index in [1.807, 2.05) is 37.3 Å². The predicted octanol–water partition coefficient (Wildman–Crippen LogP) is 3.50. The molecule has 7 heteroatoms. The Morgan fingerprint density at radius 1 is 1.21 bits per heavy atom. The Bertz CT molecular complexity index is 1240. The molecule has 4 heterocycles. The van der Waals surface area contributed by atoms with Crippen molar-refractivity contribution in [2.45, 2.75) is 13.5 Å². The van der Waals surface area contributed by atoms with E-state index in [9.17, 15) is 0 Å². The summed E-state index contributed by atoms with van der Waals surface area (Å²) >= 11 is 1.61. The summed E-state index contributed by atoms with van der Waals surface area (Å²) in [6.45, 7) is 2.52. The Balaban J connectivity index is 1.98. The van der Waals surface area contributed by atoms with Gasteiger partial charge in [-0.25, -0.2) is 9.97 Å². The summed E-state index contributed by atoms with van der Waals surface area (Å²) in [5.41, 5.74) is 5.60. The number of ether oxygens (including phenoxy) is 1. The summed E-state index contributed by atoms with van der Waals surface area (Å²) in [6, 6.07) is 10.00. The number of para-hydroxylation sites is 2. The van der Waals surface area contributed by atoms with Gasteiger partial charge in [0.05, 0.1) is 17.6 Å². The molecule has 0 saturated carbocycles. The lowest BCUT2D eigenvalue weighted by Gasteiger charge is -2.03. The van der Waals surface area contributed by atoms with Gasteiger partial charge in [-0.05, 0) is 30.7 Å². The third-order valence-electron chi connectivity index (χ3n) is 4.12.